The van der Waals surface area contributed by atoms with Gasteiger partial charge < -0.3 is 19.2 Å². The molecule has 0 spiro atoms. The molecule has 1 aliphatic heterocycles. The van der Waals surface area contributed by atoms with Crippen LogP contribution in [0.15, 0.2) is 18.3 Å². The van der Waals surface area contributed by atoms with Crippen LogP contribution < -0.4 is 14.2 Å². The Labute approximate surface area is 189 Å². The number of nitriles is 1. The van der Waals surface area contributed by atoms with E-state index in [1.165, 1.54) is 14.2 Å². The van der Waals surface area contributed by atoms with Crippen molar-refractivity contribution in [3.05, 3.63) is 28.9 Å². The van der Waals surface area contributed by atoms with Gasteiger partial charge in [-0.1, -0.05) is 11.6 Å². The number of benzene rings is 1. The number of halogens is 2. The molecule has 32 heavy (non-hydrogen) atoms. The second kappa shape index (κ2) is 9.59. The van der Waals surface area contributed by atoms with E-state index < -0.39 is 6.17 Å². The number of alkyl halides is 1. The van der Waals surface area contributed by atoms with Crippen molar-refractivity contribution < 1.29 is 18.6 Å². The summed E-state index contributed by atoms with van der Waals surface area (Å²) in [6.07, 6.45) is 1.95. The second-order valence-electron chi connectivity index (χ2n) is 7.44. The van der Waals surface area contributed by atoms with Crippen molar-refractivity contribution >= 4 is 22.6 Å². The van der Waals surface area contributed by atoms with Gasteiger partial charge in [0.15, 0.2) is 11.5 Å². The second-order valence-corrected chi connectivity index (χ2v) is 7.85. The summed E-state index contributed by atoms with van der Waals surface area (Å²) in [5.74, 6) is 0.959. The number of H-pyrrole nitrogens is 1. The quantitative estimate of drug-likeness (QED) is 0.570. The molecule has 1 saturated heterocycles. The van der Waals surface area contributed by atoms with Crippen LogP contribution in [0.3, 0.4) is 0 Å². The van der Waals surface area contributed by atoms with Crippen LogP contribution in [0, 0.1) is 11.3 Å². The van der Waals surface area contributed by atoms with Crippen molar-refractivity contribution in [3.8, 4) is 34.8 Å². The molecule has 1 aliphatic rings. The van der Waals surface area contributed by atoms with Gasteiger partial charge >= 0.3 is 6.01 Å². The molecule has 0 saturated carbocycles. The fraction of sp³-hybridized carbons (Fsp3) is 0.409. The Hall–Kier alpha value is -3.09. The first kappa shape index (κ1) is 22.1. The maximum atomic E-state index is 13.3. The zero-order valence-electron chi connectivity index (χ0n) is 17.8. The Morgan fingerprint density at radius 3 is 2.62 bits per heavy atom. The molecule has 1 N–H and O–H groups in total. The zero-order valence-corrected chi connectivity index (χ0v) is 18.6. The molecule has 10 heteroatoms. The van der Waals surface area contributed by atoms with Gasteiger partial charge in [-0.3, -0.25) is 4.90 Å². The molecule has 8 nitrogen and oxygen atoms in total. The third kappa shape index (κ3) is 4.42. The van der Waals surface area contributed by atoms with Crippen LogP contribution in [0.25, 0.3) is 22.3 Å². The van der Waals surface area contributed by atoms with E-state index in [-0.39, 0.29) is 6.01 Å². The van der Waals surface area contributed by atoms with Gasteiger partial charge in [0.25, 0.3) is 0 Å². The van der Waals surface area contributed by atoms with Crippen molar-refractivity contribution in [2.45, 2.75) is 19.0 Å². The van der Waals surface area contributed by atoms with E-state index in [2.05, 4.69) is 25.9 Å². The molecule has 0 aliphatic carbocycles. The lowest BCUT2D eigenvalue weighted by atomic mass is 10.1. The molecule has 0 amide bonds. The van der Waals surface area contributed by atoms with Crippen molar-refractivity contribution in [1.29, 1.82) is 5.26 Å². The molecule has 1 fully saturated rings. The van der Waals surface area contributed by atoms with E-state index in [1.54, 1.807) is 18.3 Å². The van der Waals surface area contributed by atoms with Gasteiger partial charge in [-0.05, 0) is 18.9 Å². The van der Waals surface area contributed by atoms with Crippen molar-refractivity contribution in [2.24, 2.45) is 0 Å². The van der Waals surface area contributed by atoms with Gasteiger partial charge in [-0.25, -0.2) is 4.39 Å². The first-order valence-electron chi connectivity index (χ1n) is 10.2. The van der Waals surface area contributed by atoms with E-state index >= 15 is 0 Å². The van der Waals surface area contributed by atoms with Crippen molar-refractivity contribution in [3.63, 3.8) is 0 Å². The van der Waals surface area contributed by atoms with Gasteiger partial charge in [0.05, 0.1) is 35.9 Å². The maximum absolute atomic E-state index is 13.3. The van der Waals surface area contributed by atoms with E-state index in [4.69, 9.17) is 25.8 Å². The van der Waals surface area contributed by atoms with E-state index in [0.29, 0.717) is 83.5 Å². The normalized spacial score (nSPS) is 15.0. The Balaban J connectivity index is 1.67. The molecule has 0 bridgehead atoms. The molecule has 0 unspecified atom stereocenters. The lowest BCUT2D eigenvalue weighted by molar-refractivity contribution is 0.130. The molecule has 1 aromatic carbocycles. The molecule has 3 aromatic rings. The topological polar surface area (TPSA) is 96.3 Å². The van der Waals surface area contributed by atoms with Crippen LogP contribution in [0.5, 0.6) is 17.5 Å². The Morgan fingerprint density at radius 2 is 1.94 bits per heavy atom. The number of nitrogens with one attached hydrogen (secondary N) is 1. The fourth-order valence-electron chi connectivity index (χ4n) is 3.79. The number of nitrogens with zero attached hydrogens (tertiary/aromatic N) is 4. The predicted octanol–water partition coefficient (Wildman–Crippen LogP) is 3.98. The molecule has 4 rings (SSSR count). The summed E-state index contributed by atoms with van der Waals surface area (Å²) in [5.41, 5.74) is 1.86. The summed E-state index contributed by atoms with van der Waals surface area (Å²) in [6, 6.07) is 5.66. The summed E-state index contributed by atoms with van der Waals surface area (Å²) in [4.78, 5) is 14.1. The molecule has 0 atom stereocenters. The molecule has 0 radical (unpaired) electrons. The largest absolute Gasteiger partial charge is 0.493 e. The highest BCUT2D eigenvalue weighted by molar-refractivity contribution is 6.34. The Morgan fingerprint density at radius 1 is 1.22 bits per heavy atom. The number of aromatic amines is 1. The highest BCUT2D eigenvalue weighted by Gasteiger charge is 2.21. The van der Waals surface area contributed by atoms with Gasteiger partial charge in [0, 0.05) is 37.5 Å². The average Bonchev–Trinajstić information content (AvgIpc) is 3.23. The third-order valence-corrected chi connectivity index (χ3v) is 5.83. The highest BCUT2D eigenvalue weighted by Crippen LogP contribution is 2.40. The third-order valence-electron chi connectivity index (χ3n) is 5.52. The van der Waals surface area contributed by atoms with Crippen molar-refractivity contribution in [1.82, 2.24) is 19.9 Å². The number of methoxy groups -OCH3 is 2. The number of aromatic nitrogens is 3. The first-order chi connectivity index (χ1) is 15.5. The van der Waals surface area contributed by atoms with Crippen LogP contribution in [0.4, 0.5) is 4.39 Å². The van der Waals surface area contributed by atoms with Crippen LogP contribution in [0.1, 0.15) is 18.4 Å². The summed E-state index contributed by atoms with van der Waals surface area (Å²) in [7, 11) is 3.06. The summed E-state index contributed by atoms with van der Waals surface area (Å²) in [6.45, 7) is 2.42. The average molecular weight is 460 g/mol. The lowest BCUT2D eigenvalue weighted by Gasteiger charge is -2.28. The number of hydrogen-bond donors (Lipinski definition) is 1. The lowest BCUT2D eigenvalue weighted by Crippen LogP contribution is -2.37. The molecular formula is C22H23ClFN5O3. The first-order valence-corrected chi connectivity index (χ1v) is 10.6. The number of rotatable bonds is 7. The van der Waals surface area contributed by atoms with E-state index in [1.807, 2.05) is 0 Å². The fourth-order valence-corrected chi connectivity index (χ4v) is 4.03. The molecule has 3 heterocycles. The van der Waals surface area contributed by atoms with Gasteiger partial charge in [-0.15, -0.1) is 0 Å². The Bertz CT molecular complexity index is 1150. The minimum Gasteiger partial charge on any atom is -0.493 e. The van der Waals surface area contributed by atoms with Gasteiger partial charge in [0.1, 0.15) is 24.5 Å². The van der Waals surface area contributed by atoms with Crippen LogP contribution in [-0.2, 0) is 0 Å². The van der Waals surface area contributed by atoms with Crippen molar-refractivity contribution in [2.75, 3.05) is 40.5 Å². The monoisotopic (exact) mass is 459 g/mol. The Kier molecular flexibility index (Phi) is 6.63. The minimum absolute atomic E-state index is 0.157. The van der Waals surface area contributed by atoms with Crippen LogP contribution in [-0.4, -0.2) is 66.5 Å². The number of likely N-dealkylation sites (tertiary alicyclic amines) is 1. The maximum Gasteiger partial charge on any atom is 0.319 e. The molecule has 168 valence electrons. The minimum atomic E-state index is -0.714. The van der Waals surface area contributed by atoms with Gasteiger partial charge in [-0.2, -0.15) is 15.2 Å². The SMILES string of the molecule is COc1cc(Cl)c(-c2nc(OCCN3CCC(F)CC3)nc3[nH]cc(C#N)c23)cc1OC. The number of ether oxygens (including phenoxy) is 3. The standard InChI is InChI=1S/C22H23ClFN5O3/c1-30-17-9-15(16(23)10-18(17)31-2)20-19-13(11-25)12-26-21(19)28-22(27-20)32-8-7-29-5-3-14(24)4-6-29/h9-10,12,14H,3-8H2,1-2H3,(H,26,27,28). The molecule has 2 aromatic heterocycles. The predicted molar refractivity (Wildman–Crippen MR) is 118 cm³/mol. The van der Waals surface area contributed by atoms with E-state index in [0.717, 1.165) is 0 Å². The summed E-state index contributed by atoms with van der Waals surface area (Å²) >= 11 is 6.54. The molecular weight excluding hydrogens is 437 g/mol. The number of fused-ring (bicyclic) bond motifs is 1. The smallest absolute Gasteiger partial charge is 0.319 e. The highest BCUT2D eigenvalue weighted by atomic mass is 35.5. The van der Waals surface area contributed by atoms with Crippen LogP contribution >= 0.6 is 11.6 Å². The van der Waals surface area contributed by atoms with E-state index in [9.17, 15) is 9.65 Å². The number of piperidine rings is 1. The summed E-state index contributed by atoms with van der Waals surface area (Å²) < 4.78 is 29.9. The zero-order chi connectivity index (χ0) is 22.7. The summed E-state index contributed by atoms with van der Waals surface area (Å²) in [5, 5.41) is 10.5. The van der Waals surface area contributed by atoms with Crippen LogP contribution in [0.2, 0.25) is 5.02 Å². The van der Waals surface area contributed by atoms with Gasteiger partial charge in [0.2, 0.25) is 0 Å². The number of hydrogen-bond acceptors (Lipinski definition) is 7.